The molecule has 0 aromatic heterocycles. The van der Waals surface area contributed by atoms with Gasteiger partial charge in [0.25, 0.3) is 10.1 Å². The highest BCUT2D eigenvalue weighted by atomic mass is 32.2. The molecule has 13 heteroatoms. The van der Waals surface area contributed by atoms with Crippen LogP contribution in [0.2, 0.25) is 0 Å². The van der Waals surface area contributed by atoms with E-state index in [-0.39, 0.29) is 19.4 Å². The highest BCUT2D eigenvalue weighted by molar-refractivity contribution is 7.85. The third kappa shape index (κ3) is 28.2. The monoisotopic (exact) mass is 828 g/mol. The zero-order valence-electron chi connectivity index (χ0n) is 33.8. The van der Waals surface area contributed by atoms with E-state index in [1.807, 2.05) is 115 Å². The molecule has 0 bridgehead atoms. The average molecular weight is 829 g/mol. The van der Waals surface area contributed by atoms with Crippen LogP contribution in [0.25, 0.3) is 0 Å². The number of ether oxygens (including phenoxy) is 4. The maximum absolute atomic E-state index is 12.7. The van der Waals surface area contributed by atoms with E-state index < -0.39 is 71.2 Å². The lowest BCUT2D eigenvalue weighted by Crippen LogP contribution is -2.60. The van der Waals surface area contributed by atoms with Crippen molar-refractivity contribution in [3.05, 3.63) is 134 Å². The highest BCUT2D eigenvalue weighted by Crippen LogP contribution is 2.23. The number of carbonyl (C=O) groups is 2. The summed E-state index contributed by atoms with van der Waals surface area (Å²) in [6.45, 7) is 3.32. The van der Waals surface area contributed by atoms with Crippen LogP contribution in [0, 0.1) is 0 Å². The van der Waals surface area contributed by atoms with Crippen molar-refractivity contribution in [2.75, 3.05) is 19.0 Å². The molecule has 0 aromatic rings. The summed E-state index contributed by atoms with van der Waals surface area (Å²) in [4.78, 5) is 25.3. The van der Waals surface area contributed by atoms with Gasteiger partial charge in [-0.2, -0.15) is 8.42 Å². The van der Waals surface area contributed by atoms with Crippen molar-refractivity contribution in [1.29, 1.82) is 0 Å². The molecule has 0 saturated carbocycles. The highest BCUT2D eigenvalue weighted by Gasteiger charge is 2.46. The first-order valence-electron chi connectivity index (χ1n) is 19.9. The second-order valence-electron chi connectivity index (χ2n) is 13.1. The van der Waals surface area contributed by atoms with Crippen LogP contribution in [0.1, 0.15) is 78.1 Å². The molecule has 0 aromatic carbocycles. The standard InChI is InChI=1S/C45H64O12S/c1-3-5-7-9-11-13-15-17-18-19-20-22-23-25-27-29-31-33-40(46)54-35-38(36-55-45-44(50)43(49)42(48)39(57-45)37-58(51,52)53)56-41(47)34-32-30-28-26-24-21-16-14-12-10-8-6-4-2/h5-24,26,28,38-39,42-45,48-50H,3-4,25,27,29-37H2,1-2H3,(H,51,52,53)/b7-5+,8-6+,11-9+,12-10+,15-13+,16-14+,18-17+,20-19+,23-22+,24-21+,28-26+/t38?,39-,42-,43?,44?,45+/m1/s1. The Hall–Kier alpha value is -4.21. The van der Waals surface area contributed by atoms with Gasteiger partial charge in [-0.05, 0) is 44.9 Å². The van der Waals surface area contributed by atoms with E-state index in [4.69, 9.17) is 18.9 Å². The van der Waals surface area contributed by atoms with Gasteiger partial charge >= 0.3 is 11.9 Å². The van der Waals surface area contributed by atoms with Gasteiger partial charge in [0.15, 0.2) is 12.4 Å². The fraction of sp³-hybridized carbons (Fsp3) is 0.467. The Morgan fingerprint density at radius 3 is 1.55 bits per heavy atom. The van der Waals surface area contributed by atoms with Crippen molar-refractivity contribution in [3.63, 3.8) is 0 Å². The van der Waals surface area contributed by atoms with Crippen LogP contribution < -0.4 is 0 Å². The third-order valence-corrected chi connectivity index (χ3v) is 8.76. The Balaban J connectivity index is 2.61. The fourth-order valence-corrected chi connectivity index (χ4v) is 5.66. The number of hydrogen-bond acceptors (Lipinski definition) is 11. The van der Waals surface area contributed by atoms with Gasteiger partial charge in [-0.1, -0.05) is 154 Å². The molecular formula is C45H64O12S. The van der Waals surface area contributed by atoms with Gasteiger partial charge in [-0.25, -0.2) is 0 Å². The molecule has 322 valence electrons. The van der Waals surface area contributed by atoms with Crippen LogP contribution >= 0.6 is 0 Å². The Labute approximate surface area is 345 Å². The number of hydrogen-bond donors (Lipinski definition) is 4. The first-order valence-corrected chi connectivity index (χ1v) is 21.5. The normalized spacial score (nSPS) is 21.8. The Kier molecular flexibility index (Phi) is 30.1. The SMILES string of the molecule is CC/C=C/C=C/C=C/C=C/C=C/C=C/CCCCCC(=O)OCC(CO[C@H]1O[C@H](CS(=O)(=O)O)[C@@H](O)C(O)C1O)OC(=O)CCC/C=C/C=C/C=C/C=C/C=C/CC. The van der Waals surface area contributed by atoms with Crippen LogP contribution in [0.3, 0.4) is 0 Å². The first-order chi connectivity index (χ1) is 28.0. The van der Waals surface area contributed by atoms with Crippen LogP contribution in [-0.4, -0.2) is 96.0 Å². The van der Waals surface area contributed by atoms with E-state index in [1.54, 1.807) is 0 Å². The Bertz CT molecular complexity index is 1580. The molecule has 1 aliphatic heterocycles. The molecular weight excluding hydrogens is 765 g/mol. The molecule has 0 aliphatic carbocycles. The summed E-state index contributed by atoms with van der Waals surface area (Å²) < 4.78 is 53.8. The van der Waals surface area contributed by atoms with Crippen LogP contribution in [-0.2, 0) is 38.7 Å². The topological polar surface area (TPSA) is 186 Å². The first kappa shape index (κ1) is 51.8. The lowest BCUT2D eigenvalue weighted by atomic mass is 10.00. The second kappa shape index (κ2) is 33.7. The minimum absolute atomic E-state index is 0.0475. The quantitative estimate of drug-likeness (QED) is 0.0257. The summed E-state index contributed by atoms with van der Waals surface area (Å²) in [5.41, 5.74) is 0. The molecule has 1 aliphatic rings. The van der Waals surface area contributed by atoms with Crippen LogP contribution in [0.15, 0.2) is 134 Å². The molecule has 0 amide bonds. The van der Waals surface area contributed by atoms with E-state index in [1.165, 1.54) is 0 Å². The number of carbonyl (C=O) groups excluding carboxylic acids is 2. The van der Waals surface area contributed by atoms with E-state index in [2.05, 4.69) is 32.1 Å². The van der Waals surface area contributed by atoms with Gasteiger partial charge < -0.3 is 34.3 Å². The number of rotatable bonds is 29. The lowest BCUT2D eigenvalue weighted by molar-refractivity contribution is -0.297. The summed E-state index contributed by atoms with van der Waals surface area (Å²) >= 11 is 0. The Morgan fingerprint density at radius 2 is 1.05 bits per heavy atom. The molecule has 12 nitrogen and oxygen atoms in total. The molecule has 1 saturated heterocycles. The lowest BCUT2D eigenvalue weighted by Gasteiger charge is -2.40. The van der Waals surface area contributed by atoms with Gasteiger partial charge in [0.1, 0.15) is 36.8 Å². The van der Waals surface area contributed by atoms with Gasteiger partial charge in [0, 0.05) is 12.8 Å². The number of unbranched alkanes of at least 4 members (excludes halogenated alkanes) is 4. The zero-order chi connectivity index (χ0) is 42.7. The average Bonchev–Trinajstić information content (AvgIpc) is 3.18. The molecule has 1 heterocycles. The van der Waals surface area contributed by atoms with Crippen molar-refractivity contribution in [1.82, 2.24) is 0 Å². The number of esters is 2. The molecule has 1 fully saturated rings. The smallest absolute Gasteiger partial charge is 0.306 e. The maximum Gasteiger partial charge on any atom is 0.306 e. The number of aliphatic hydroxyl groups is 3. The van der Waals surface area contributed by atoms with Gasteiger partial charge in [0.05, 0.1) is 6.61 Å². The van der Waals surface area contributed by atoms with Gasteiger partial charge in [-0.15, -0.1) is 0 Å². The summed E-state index contributed by atoms with van der Waals surface area (Å²) in [6.07, 6.45) is 39.4. The third-order valence-electron chi connectivity index (χ3n) is 8.01. The predicted octanol–water partition coefficient (Wildman–Crippen LogP) is 7.21. The van der Waals surface area contributed by atoms with Crippen molar-refractivity contribution < 1.29 is 56.8 Å². The van der Waals surface area contributed by atoms with Gasteiger partial charge in [-0.3, -0.25) is 14.1 Å². The van der Waals surface area contributed by atoms with Crippen LogP contribution in [0.5, 0.6) is 0 Å². The minimum atomic E-state index is -4.62. The summed E-state index contributed by atoms with van der Waals surface area (Å²) in [6, 6.07) is 0. The predicted molar refractivity (Wildman–Crippen MR) is 228 cm³/mol. The molecule has 58 heavy (non-hydrogen) atoms. The van der Waals surface area contributed by atoms with E-state index >= 15 is 0 Å². The van der Waals surface area contributed by atoms with Crippen molar-refractivity contribution in [2.45, 2.75) is 115 Å². The van der Waals surface area contributed by atoms with Crippen molar-refractivity contribution in [2.24, 2.45) is 0 Å². The van der Waals surface area contributed by atoms with Gasteiger partial charge in [0.2, 0.25) is 0 Å². The minimum Gasteiger partial charge on any atom is -0.462 e. The van der Waals surface area contributed by atoms with Crippen molar-refractivity contribution >= 4 is 22.1 Å². The molecule has 4 N–H and O–H groups in total. The molecule has 0 radical (unpaired) electrons. The van der Waals surface area contributed by atoms with E-state index in [0.717, 1.165) is 32.1 Å². The summed E-state index contributed by atoms with van der Waals surface area (Å²) in [7, 11) is -4.62. The largest absolute Gasteiger partial charge is 0.462 e. The van der Waals surface area contributed by atoms with E-state index in [9.17, 15) is 37.9 Å². The number of aliphatic hydroxyl groups excluding tert-OH is 3. The Morgan fingerprint density at radius 1 is 0.586 bits per heavy atom. The van der Waals surface area contributed by atoms with E-state index in [0.29, 0.717) is 19.3 Å². The molecule has 6 atom stereocenters. The van der Waals surface area contributed by atoms with Crippen molar-refractivity contribution in [3.8, 4) is 0 Å². The summed E-state index contributed by atoms with van der Waals surface area (Å²) in [5, 5.41) is 30.8. The van der Waals surface area contributed by atoms with Crippen LogP contribution in [0.4, 0.5) is 0 Å². The number of allylic oxidation sites excluding steroid dienone is 22. The second-order valence-corrected chi connectivity index (χ2v) is 14.6. The maximum atomic E-state index is 12.7. The fourth-order valence-electron chi connectivity index (χ4n) is 4.97. The zero-order valence-corrected chi connectivity index (χ0v) is 34.6. The molecule has 0 spiro atoms. The summed E-state index contributed by atoms with van der Waals surface area (Å²) in [5.74, 6) is -2.17. The molecule has 1 rings (SSSR count). The molecule has 3 unspecified atom stereocenters.